The second-order valence-corrected chi connectivity index (χ2v) is 7.83. The Labute approximate surface area is 177 Å². The van der Waals surface area contributed by atoms with Gasteiger partial charge in [-0.05, 0) is 33.5 Å². The van der Waals surface area contributed by atoms with E-state index in [4.69, 9.17) is 16.3 Å². The quantitative estimate of drug-likeness (QED) is 0.494. The summed E-state index contributed by atoms with van der Waals surface area (Å²) in [6.07, 6.45) is 0. The van der Waals surface area contributed by atoms with E-state index in [9.17, 15) is 0 Å². The van der Waals surface area contributed by atoms with Gasteiger partial charge in [-0.2, -0.15) is 0 Å². The summed E-state index contributed by atoms with van der Waals surface area (Å²) in [4.78, 5) is 2.40. The summed E-state index contributed by atoms with van der Waals surface area (Å²) in [5.74, 6) is 1.15. The van der Waals surface area contributed by atoms with Crippen LogP contribution in [0.15, 0.2) is 54.6 Å². The molecular weight excluding hydrogens is 386 g/mol. The van der Waals surface area contributed by atoms with Crippen LogP contribution in [0.1, 0.15) is 36.8 Å². The molecular formula is C22H28ClN5O. The summed E-state index contributed by atoms with van der Waals surface area (Å²) in [5.41, 5.74) is 2.33. The van der Waals surface area contributed by atoms with Gasteiger partial charge in [-0.1, -0.05) is 74.0 Å². The van der Waals surface area contributed by atoms with E-state index in [1.165, 1.54) is 5.56 Å². The largest absolute Gasteiger partial charge is 0.383 e. The number of tetrazole rings is 1. The average molecular weight is 414 g/mol. The molecule has 154 valence electrons. The molecule has 0 fully saturated rings. The van der Waals surface area contributed by atoms with Gasteiger partial charge in [0.25, 0.3) is 0 Å². The van der Waals surface area contributed by atoms with E-state index in [1.807, 2.05) is 28.9 Å². The van der Waals surface area contributed by atoms with Crippen molar-refractivity contribution in [1.82, 2.24) is 25.1 Å². The first-order valence-corrected chi connectivity index (χ1v) is 10.2. The van der Waals surface area contributed by atoms with Crippen LogP contribution < -0.4 is 0 Å². The minimum Gasteiger partial charge on any atom is -0.383 e. The van der Waals surface area contributed by atoms with Crippen molar-refractivity contribution >= 4 is 11.6 Å². The second-order valence-electron chi connectivity index (χ2n) is 7.42. The van der Waals surface area contributed by atoms with Crippen molar-refractivity contribution < 1.29 is 4.74 Å². The summed E-state index contributed by atoms with van der Waals surface area (Å²) < 4.78 is 7.08. The molecule has 2 aromatic carbocycles. The fourth-order valence-corrected chi connectivity index (χ4v) is 3.75. The van der Waals surface area contributed by atoms with Gasteiger partial charge in [0.1, 0.15) is 0 Å². The molecule has 1 heterocycles. The predicted molar refractivity (Wildman–Crippen MR) is 114 cm³/mol. The van der Waals surface area contributed by atoms with E-state index in [2.05, 4.69) is 64.6 Å². The monoisotopic (exact) mass is 413 g/mol. The highest BCUT2D eigenvalue weighted by Gasteiger charge is 2.29. The highest BCUT2D eigenvalue weighted by molar-refractivity contribution is 6.31. The Morgan fingerprint density at radius 3 is 2.45 bits per heavy atom. The third kappa shape index (κ3) is 5.63. The van der Waals surface area contributed by atoms with Crippen LogP contribution in [0.4, 0.5) is 0 Å². The van der Waals surface area contributed by atoms with E-state index in [-0.39, 0.29) is 6.04 Å². The van der Waals surface area contributed by atoms with Crippen LogP contribution >= 0.6 is 11.6 Å². The Kier molecular flexibility index (Phi) is 7.75. The van der Waals surface area contributed by atoms with Crippen molar-refractivity contribution in [3.8, 4) is 0 Å². The summed E-state index contributed by atoms with van der Waals surface area (Å²) in [6, 6.07) is 18.5. The number of methoxy groups -OCH3 is 1. The van der Waals surface area contributed by atoms with Crippen molar-refractivity contribution in [3.05, 3.63) is 76.6 Å². The molecule has 0 aliphatic carbocycles. The molecule has 0 unspecified atom stereocenters. The Balaban J connectivity index is 1.97. The predicted octanol–water partition coefficient (Wildman–Crippen LogP) is 4.37. The van der Waals surface area contributed by atoms with Crippen LogP contribution in [0.5, 0.6) is 0 Å². The van der Waals surface area contributed by atoms with E-state index in [0.29, 0.717) is 25.6 Å². The minimum absolute atomic E-state index is 0.0262. The summed E-state index contributed by atoms with van der Waals surface area (Å²) in [7, 11) is 1.68. The number of halogens is 1. The fraction of sp³-hybridized carbons (Fsp3) is 0.409. The zero-order valence-electron chi connectivity index (χ0n) is 17.2. The van der Waals surface area contributed by atoms with E-state index >= 15 is 0 Å². The molecule has 0 aliphatic heterocycles. The molecule has 0 spiro atoms. The number of rotatable bonds is 10. The second kappa shape index (κ2) is 10.5. The van der Waals surface area contributed by atoms with Crippen molar-refractivity contribution in [2.24, 2.45) is 5.92 Å². The van der Waals surface area contributed by atoms with E-state index < -0.39 is 0 Å². The Morgan fingerprint density at radius 1 is 1.03 bits per heavy atom. The highest BCUT2D eigenvalue weighted by atomic mass is 35.5. The van der Waals surface area contributed by atoms with Crippen LogP contribution in [0.2, 0.25) is 5.02 Å². The third-order valence-electron chi connectivity index (χ3n) is 4.92. The Bertz CT molecular complexity index is 884. The van der Waals surface area contributed by atoms with Gasteiger partial charge in [0.2, 0.25) is 0 Å². The van der Waals surface area contributed by atoms with Gasteiger partial charge in [0.05, 0.1) is 19.2 Å². The Hall–Kier alpha value is -2.28. The molecule has 3 aromatic rings. The molecule has 7 heteroatoms. The van der Waals surface area contributed by atoms with Gasteiger partial charge in [-0.3, -0.25) is 4.90 Å². The molecule has 0 aliphatic rings. The maximum absolute atomic E-state index is 6.49. The van der Waals surface area contributed by atoms with Crippen LogP contribution in [-0.2, 0) is 24.4 Å². The van der Waals surface area contributed by atoms with Crippen LogP contribution in [-0.4, -0.2) is 38.8 Å². The molecule has 1 aromatic heterocycles. The molecule has 29 heavy (non-hydrogen) atoms. The SMILES string of the molecule is COCCn1nnnc1[C@@H](C(C)C)N(Cc1ccccc1)Cc1ccccc1Cl. The zero-order chi connectivity index (χ0) is 20.6. The first kappa shape index (κ1) is 21.4. The first-order valence-electron chi connectivity index (χ1n) is 9.86. The average Bonchev–Trinajstić information content (AvgIpc) is 3.16. The standard InChI is InChI=1S/C22H28ClN5O/c1-17(2)21(22-24-25-26-28(22)13-14-29-3)27(15-18-9-5-4-6-10-18)16-19-11-7-8-12-20(19)23/h4-12,17,21H,13-16H2,1-3H3/t21-/m1/s1. The number of hydrogen-bond donors (Lipinski definition) is 0. The van der Waals surface area contributed by atoms with E-state index in [0.717, 1.165) is 23.0 Å². The maximum Gasteiger partial charge on any atom is 0.168 e. The molecule has 6 nitrogen and oxygen atoms in total. The summed E-state index contributed by atoms with van der Waals surface area (Å²) >= 11 is 6.49. The van der Waals surface area contributed by atoms with E-state index in [1.54, 1.807) is 7.11 Å². The lowest BCUT2D eigenvalue weighted by Crippen LogP contribution is -2.34. The molecule has 0 amide bonds. The summed E-state index contributed by atoms with van der Waals surface area (Å²) in [5, 5.41) is 13.3. The number of nitrogens with zero attached hydrogens (tertiary/aromatic N) is 5. The van der Waals surface area contributed by atoms with Gasteiger partial charge in [-0.25, -0.2) is 4.68 Å². The normalized spacial score (nSPS) is 12.6. The van der Waals surface area contributed by atoms with Gasteiger partial charge in [-0.15, -0.1) is 5.10 Å². The van der Waals surface area contributed by atoms with Gasteiger partial charge >= 0.3 is 0 Å². The maximum atomic E-state index is 6.49. The topological polar surface area (TPSA) is 56.1 Å². The van der Waals surface area contributed by atoms with Crippen LogP contribution in [0.25, 0.3) is 0 Å². The van der Waals surface area contributed by atoms with Gasteiger partial charge in [0.15, 0.2) is 5.82 Å². The first-order chi connectivity index (χ1) is 14.1. The van der Waals surface area contributed by atoms with Crippen LogP contribution in [0.3, 0.4) is 0 Å². The van der Waals surface area contributed by atoms with Gasteiger partial charge < -0.3 is 4.74 Å². The highest BCUT2D eigenvalue weighted by Crippen LogP contribution is 2.31. The molecule has 0 N–H and O–H groups in total. The van der Waals surface area contributed by atoms with Gasteiger partial charge in [0, 0.05) is 25.2 Å². The van der Waals surface area contributed by atoms with Crippen molar-refractivity contribution in [2.45, 2.75) is 39.5 Å². The molecule has 3 rings (SSSR count). The molecule has 0 saturated carbocycles. The summed E-state index contributed by atoms with van der Waals surface area (Å²) in [6.45, 7) is 7.05. The molecule has 0 bridgehead atoms. The van der Waals surface area contributed by atoms with Crippen molar-refractivity contribution in [2.75, 3.05) is 13.7 Å². The van der Waals surface area contributed by atoms with Crippen molar-refractivity contribution in [3.63, 3.8) is 0 Å². The fourth-order valence-electron chi connectivity index (χ4n) is 3.56. The van der Waals surface area contributed by atoms with Crippen molar-refractivity contribution in [1.29, 1.82) is 0 Å². The third-order valence-corrected chi connectivity index (χ3v) is 5.28. The number of benzene rings is 2. The lowest BCUT2D eigenvalue weighted by molar-refractivity contribution is 0.121. The number of ether oxygens (including phenoxy) is 1. The zero-order valence-corrected chi connectivity index (χ0v) is 18.0. The lowest BCUT2D eigenvalue weighted by Gasteiger charge is -2.34. The molecule has 0 radical (unpaired) electrons. The smallest absolute Gasteiger partial charge is 0.168 e. The number of aromatic nitrogens is 4. The van der Waals surface area contributed by atoms with Crippen LogP contribution in [0, 0.1) is 5.92 Å². The number of hydrogen-bond acceptors (Lipinski definition) is 5. The lowest BCUT2D eigenvalue weighted by atomic mass is 9.99. The Morgan fingerprint density at radius 2 is 1.76 bits per heavy atom. The molecule has 0 saturated heterocycles. The molecule has 1 atom stereocenters. The minimum atomic E-state index is 0.0262.